The van der Waals surface area contributed by atoms with Crippen LogP contribution >= 0.6 is 0 Å². The Morgan fingerprint density at radius 2 is 1.89 bits per heavy atom. The maximum atomic E-state index is 13.0. The van der Waals surface area contributed by atoms with Gasteiger partial charge in [0.05, 0.1) is 19.8 Å². The quantitative estimate of drug-likeness (QED) is 0.839. The first-order valence-corrected chi connectivity index (χ1v) is 9.52. The van der Waals surface area contributed by atoms with Crippen LogP contribution in [0.5, 0.6) is 11.5 Å². The molecule has 0 spiro atoms. The molecule has 1 aromatic carbocycles. The van der Waals surface area contributed by atoms with Crippen molar-refractivity contribution >= 4 is 17.7 Å². The zero-order valence-electron chi connectivity index (χ0n) is 16.1. The Kier molecular flexibility index (Phi) is 4.93. The van der Waals surface area contributed by atoms with E-state index in [1.54, 1.807) is 20.3 Å². The number of carbonyl (C=O) groups is 1. The molecule has 0 bridgehead atoms. The van der Waals surface area contributed by atoms with Crippen molar-refractivity contribution in [1.82, 2.24) is 9.97 Å². The number of H-pyrrole nitrogens is 1. The average Bonchev–Trinajstić information content (AvgIpc) is 2.72. The molecule has 2 aromatic rings. The van der Waals surface area contributed by atoms with E-state index in [0.29, 0.717) is 28.8 Å². The van der Waals surface area contributed by atoms with Crippen LogP contribution in [0.3, 0.4) is 0 Å². The normalized spacial score (nSPS) is 19.0. The number of fused-ring (bicyclic) bond motifs is 1. The van der Waals surface area contributed by atoms with Gasteiger partial charge in [-0.05, 0) is 25.3 Å². The van der Waals surface area contributed by atoms with Gasteiger partial charge in [-0.25, -0.2) is 0 Å². The fraction of sp³-hybridized carbons (Fsp3) is 0.450. The topological polar surface area (TPSA) is 96.5 Å². The molecule has 0 saturated carbocycles. The van der Waals surface area contributed by atoms with Crippen molar-refractivity contribution in [2.75, 3.05) is 37.5 Å². The number of hydrogen-bond acceptors (Lipinski definition) is 6. The smallest absolute Gasteiger partial charge is 0.258 e. The molecule has 1 unspecified atom stereocenters. The molecular formula is C20H24N4O4. The van der Waals surface area contributed by atoms with Gasteiger partial charge < -0.3 is 19.7 Å². The van der Waals surface area contributed by atoms with Crippen LogP contribution in [0.25, 0.3) is 0 Å². The molecule has 1 saturated heterocycles. The summed E-state index contributed by atoms with van der Waals surface area (Å²) in [5, 5.41) is 2.78. The molecule has 1 fully saturated rings. The van der Waals surface area contributed by atoms with Gasteiger partial charge in [-0.15, -0.1) is 0 Å². The lowest BCUT2D eigenvalue weighted by molar-refractivity contribution is -0.116. The number of ether oxygens (including phenoxy) is 2. The van der Waals surface area contributed by atoms with Crippen LogP contribution in [-0.2, 0) is 4.79 Å². The predicted octanol–water partition coefficient (Wildman–Crippen LogP) is 2.25. The van der Waals surface area contributed by atoms with Crippen molar-refractivity contribution in [3.05, 3.63) is 39.7 Å². The predicted molar refractivity (Wildman–Crippen MR) is 106 cm³/mol. The van der Waals surface area contributed by atoms with Crippen LogP contribution in [-0.4, -0.2) is 43.2 Å². The lowest BCUT2D eigenvalue weighted by Gasteiger charge is -2.30. The average molecular weight is 384 g/mol. The van der Waals surface area contributed by atoms with Crippen molar-refractivity contribution in [1.29, 1.82) is 0 Å². The number of carbonyl (C=O) groups excluding carboxylic acids is 1. The minimum atomic E-state index is -0.458. The van der Waals surface area contributed by atoms with E-state index in [-0.39, 0.29) is 17.9 Å². The standard InChI is InChI=1S/C20H24N4O4/c1-27-14-8-6-7-12(17(14)28-2)13-11-15(25)21-18-16(13)19(26)23-20(22-18)24-9-4-3-5-10-24/h6-8,13H,3-5,9-11H2,1-2H3,(H2,21,22,23,25,26). The van der Waals surface area contributed by atoms with Gasteiger partial charge in [0.2, 0.25) is 11.9 Å². The molecule has 2 N–H and O–H groups in total. The Labute approximate surface area is 162 Å². The van der Waals surface area contributed by atoms with Gasteiger partial charge in [0.15, 0.2) is 11.5 Å². The SMILES string of the molecule is COc1cccc(C2CC(=O)Nc3nc(N4CCCCC4)[nH]c(=O)c32)c1OC. The number of nitrogens with one attached hydrogen (secondary N) is 2. The van der Waals surface area contributed by atoms with Crippen LogP contribution in [0.2, 0.25) is 0 Å². The van der Waals surface area contributed by atoms with Gasteiger partial charge in [-0.3, -0.25) is 14.6 Å². The highest BCUT2D eigenvalue weighted by Crippen LogP contribution is 2.42. The first-order chi connectivity index (χ1) is 13.6. The Morgan fingerprint density at radius 3 is 2.61 bits per heavy atom. The van der Waals surface area contributed by atoms with Crippen molar-refractivity contribution in [2.45, 2.75) is 31.6 Å². The van der Waals surface area contributed by atoms with E-state index in [4.69, 9.17) is 9.47 Å². The molecule has 148 valence electrons. The molecule has 4 rings (SSSR count). The number of benzene rings is 1. The minimum Gasteiger partial charge on any atom is -0.493 e. The number of aromatic amines is 1. The summed E-state index contributed by atoms with van der Waals surface area (Å²) in [5.74, 6) is 1.29. The Bertz CT molecular complexity index is 950. The van der Waals surface area contributed by atoms with Crippen molar-refractivity contribution in [3.8, 4) is 11.5 Å². The van der Waals surface area contributed by atoms with Gasteiger partial charge >= 0.3 is 0 Å². The molecule has 3 heterocycles. The number of methoxy groups -OCH3 is 2. The molecule has 2 aliphatic heterocycles. The largest absolute Gasteiger partial charge is 0.493 e. The second kappa shape index (κ2) is 7.53. The molecule has 1 atom stereocenters. The zero-order valence-corrected chi connectivity index (χ0v) is 16.1. The van der Waals surface area contributed by atoms with Gasteiger partial charge in [0.1, 0.15) is 5.82 Å². The summed E-state index contributed by atoms with van der Waals surface area (Å²) in [6.07, 6.45) is 3.46. The summed E-state index contributed by atoms with van der Waals surface area (Å²) in [6, 6.07) is 5.47. The maximum Gasteiger partial charge on any atom is 0.258 e. The highest BCUT2D eigenvalue weighted by Gasteiger charge is 2.34. The number of aromatic nitrogens is 2. The molecule has 2 aliphatic rings. The van der Waals surface area contributed by atoms with Gasteiger partial charge in [-0.1, -0.05) is 12.1 Å². The van der Waals surface area contributed by atoms with Gasteiger partial charge in [0, 0.05) is 31.0 Å². The third-order valence-corrected chi connectivity index (χ3v) is 5.40. The lowest BCUT2D eigenvalue weighted by atomic mass is 9.86. The molecule has 8 nitrogen and oxygen atoms in total. The molecule has 1 aromatic heterocycles. The molecule has 0 aliphatic carbocycles. The lowest BCUT2D eigenvalue weighted by Crippen LogP contribution is -2.36. The van der Waals surface area contributed by atoms with E-state index >= 15 is 0 Å². The molecular weight excluding hydrogens is 360 g/mol. The van der Waals surface area contributed by atoms with Gasteiger partial charge in [-0.2, -0.15) is 4.98 Å². The van der Waals surface area contributed by atoms with Crippen molar-refractivity contribution in [2.24, 2.45) is 0 Å². The number of hydrogen-bond donors (Lipinski definition) is 2. The van der Waals surface area contributed by atoms with E-state index in [0.717, 1.165) is 31.5 Å². The minimum absolute atomic E-state index is 0.143. The molecule has 28 heavy (non-hydrogen) atoms. The number of anilines is 2. The number of nitrogens with zero attached hydrogens (tertiary/aromatic N) is 2. The fourth-order valence-corrected chi connectivity index (χ4v) is 4.07. The summed E-state index contributed by atoms with van der Waals surface area (Å²) in [4.78, 5) is 35.0. The van der Waals surface area contributed by atoms with Gasteiger partial charge in [0.25, 0.3) is 5.56 Å². The number of para-hydroxylation sites is 1. The molecule has 0 radical (unpaired) electrons. The summed E-state index contributed by atoms with van der Waals surface area (Å²) < 4.78 is 10.9. The third kappa shape index (κ3) is 3.19. The summed E-state index contributed by atoms with van der Waals surface area (Å²) >= 11 is 0. The first-order valence-electron chi connectivity index (χ1n) is 9.52. The maximum absolute atomic E-state index is 13.0. The van der Waals surface area contributed by atoms with Crippen LogP contribution < -0.4 is 25.2 Å². The third-order valence-electron chi connectivity index (χ3n) is 5.40. The summed E-state index contributed by atoms with van der Waals surface area (Å²) in [7, 11) is 3.11. The monoisotopic (exact) mass is 384 g/mol. The highest BCUT2D eigenvalue weighted by atomic mass is 16.5. The second-order valence-electron chi connectivity index (χ2n) is 7.09. The molecule has 8 heteroatoms. The zero-order chi connectivity index (χ0) is 19.7. The van der Waals surface area contributed by atoms with E-state index in [1.807, 2.05) is 12.1 Å². The number of piperidine rings is 1. The number of rotatable bonds is 4. The Morgan fingerprint density at radius 1 is 1.11 bits per heavy atom. The fourth-order valence-electron chi connectivity index (χ4n) is 4.07. The van der Waals surface area contributed by atoms with E-state index < -0.39 is 5.92 Å². The van der Waals surface area contributed by atoms with Crippen LogP contribution in [0.1, 0.15) is 42.7 Å². The van der Waals surface area contributed by atoms with Crippen LogP contribution in [0, 0.1) is 0 Å². The first kappa shape index (κ1) is 18.3. The summed E-state index contributed by atoms with van der Waals surface area (Å²) in [6.45, 7) is 1.70. The van der Waals surface area contributed by atoms with Crippen molar-refractivity contribution < 1.29 is 14.3 Å². The second-order valence-corrected chi connectivity index (χ2v) is 7.09. The highest BCUT2D eigenvalue weighted by molar-refractivity contribution is 5.94. The Hall–Kier alpha value is -3.03. The summed E-state index contributed by atoms with van der Waals surface area (Å²) in [5.41, 5.74) is 0.948. The van der Waals surface area contributed by atoms with Crippen molar-refractivity contribution in [3.63, 3.8) is 0 Å². The Balaban J connectivity index is 1.82. The van der Waals surface area contributed by atoms with E-state index in [1.165, 1.54) is 6.42 Å². The van der Waals surface area contributed by atoms with Crippen LogP contribution in [0.15, 0.2) is 23.0 Å². The number of amides is 1. The molecule has 1 amide bonds. The van der Waals surface area contributed by atoms with E-state index in [9.17, 15) is 9.59 Å². The van der Waals surface area contributed by atoms with E-state index in [2.05, 4.69) is 20.2 Å². The van der Waals surface area contributed by atoms with Crippen LogP contribution in [0.4, 0.5) is 11.8 Å².